The fourth-order valence-electron chi connectivity index (χ4n) is 4.47. The minimum absolute atomic E-state index is 0. The molecule has 3 N–H and O–H groups in total. The number of rotatable bonds is 20. The van der Waals surface area contributed by atoms with Crippen LogP contribution in [0.25, 0.3) is 16.9 Å². The average Bonchev–Trinajstić information content (AvgIpc) is 3.38. The molecule has 0 atom stereocenters. The molecule has 0 fully saturated rings. The number of primary sulfonamides is 1. The van der Waals surface area contributed by atoms with Crippen molar-refractivity contribution in [3.63, 3.8) is 0 Å². The van der Waals surface area contributed by atoms with Crippen molar-refractivity contribution in [1.29, 1.82) is 0 Å². The maximum Gasteiger partial charge on any atom is 0.238 e. The van der Waals surface area contributed by atoms with Gasteiger partial charge in [-0.2, -0.15) is 30.4 Å². The highest BCUT2D eigenvalue weighted by Crippen LogP contribution is 2.25. The molecular formula is C29H44Cl2FN5O3S3. The molecule has 242 valence electrons. The largest absolute Gasteiger partial charge is 0.375 e. The van der Waals surface area contributed by atoms with E-state index in [0.29, 0.717) is 18.9 Å². The van der Waals surface area contributed by atoms with Crippen LogP contribution < -0.4 is 10.5 Å². The van der Waals surface area contributed by atoms with Crippen molar-refractivity contribution in [2.75, 3.05) is 50.8 Å². The lowest BCUT2D eigenvalue weighted by Gasteiger charge is -2.21. The third kappa shape index (κ3) is 14.1. The normalized spacial score (nSPS) is 11.4. The van der Waals surface area contributed by atoms with Crippen LogP contribution in [0.15, 0.2) is 59.5 Å². The van der Waals surface area contributed by atoms with Crippen molar-refractivity contribution < 1.29 is 17.5 Å². The monoisotopic (exact) mass is 695 g/mol. The van der Waals surface area contributed by atoms with Gasteiger partial charge < -0.3 is 15.0 Å². The zero-order valence-corrected chi connectivity index (χ0v) is 28.5. The van der Waals surface area contributed by atoms with Gasteiger partial charge in [0, 0.05) is 49.9 Å². The maximum absolute atomic E-state index is 13.5. The summed E-state index contributed by atoms with van der Waals surface area (Å²) < 4.78 is 44.5. The summed E-state index contributed by atoms with van der Waals surface area (Å²) >= 11 is 8.62. The van der Waals surface area contributed by atoms with Gasteiger partial charge in [-0.15, -0.1) is 24.8 Å². The lowest BCUT2D eigenvalue weighted by molar-refractivity contribution is 0.114. The lowest BCUT2D eigenvalue weighted by Crippen LogP contribution is -2.34. The Balaban J connectivity index is 0.00000462. The van der Waals surface area contributed by atoms with Gasteiger partial charge in [-0.05, 0) is 74.0 Å². The smallest absolute Gasteiger partial charge is 0.238 e. The predicted molar refractivity (Wildman–Crippen MR) is 185 cm³/mol. The Morgan fingerprint density at radius 1 is 0.884 bits per heavy atom. The summed E-state index contributed by atoms with van der Waals surface area (Å²) in [4.78, 5) is 2.49. The summed E-state index contributed by atoms with van der Waals surface area (Å²) in [6, 6.07) is 14.2. The topological polar surface area (TPSA) is 102 Å². The Hall–Kier alpha value is -1.35. The highest BCUT2D eigenvalue weighted by molar-refractivity contribution is 7.89. The molecule has 2 aromatic carbocycles. The van der Waals surface area contributed by atoms with Crippen LogP contribution in [-0.2, 0) is 21.4 Å². The molecule has 0 radical (unpaired) electrons. The molecule has 0 aliphatic rings. The second-order valence-electron chi connectivity index (χ2n) is 9.84. The van der Waals surface area contributed by atoms with Gasteiger partial charge in [-0.25, -0.2) is 22.6 Å². The molecule has 0 aliphatic heterocycles. The molecule has 1 aromatic heterocycles. The van der Waals surface area contributed by atoms with E-state index in [1.165, 1.54) is 43.5 Å². The minimum Gasteiger partial charge on any atom is -0.375 e. The Bertz CT molecular complexity index is 1280. The number of aromatic nitrogens is 2. The highest BCUT2D eigenvalue weighted by atomic mass is 35.5. The number of unbranched alkanes of at least 4 members (excludes halogenated alkanes) is 4. The number of benzene rings is 2. The summed E-state index contributed by atoms with van der Waals surface area (Å²) in [5.41, 5.74) is 2.91. The minimum atomic E-state index is -3.80. The maximum atomic E-state index is 13.5. The molecule has 0 bridgehead atoms. The molecule has 0 aliphatic carbocycles. The van der Waals surface area contributed by atoms with Crippen molar-refractivity contribution in [2.45, 2.75) is 43.6 Å². The van der Waals surface area contributed by atoms with Crippen LogP contribution in [0.4, 0.5) is 4.39 Å². The molecular weight excluding hydrogens is 652 g/mol. The molecule has 0 spiro atoms. The van der Waals surface area contributed by atoms with Gasteiger partial charge in [-0.3, -0.25) is 0 Å². The molecule has 3 aromatic rings. The predicted octanol–water partition coefficient (Wildman–Crippen LogP) is 5.39. The van der Waals surface area contributed by atoms with Crippen LogP contribution in [0.3, 0.4) is 0 Å². The Morgan fingerprint density at radius 2 is 1.56 bits per heavy atom. The fraction of sp³-hybridized carbons (Fsp3) is 0.483. The molecule has 8 nitrogen and oxygen atoms in total. The number of ether oxygens (including phenoxy) is 1. The molecule has 0 unspecified atom stereocenters. The molecule has 14 heteroatoms. The van der Waals surface area contributed by atoms with Crippen LogP contribution in [0.2, 0.25) is 0 Å². The number of halogens is 3. The van der Waals surface area contributed by atoms with E-state index in [0.717, 1.165) is 74.0 Å². The zero-order valence-electron chi connectivity index (χ0n) is 24.2. The molecule has 43 heavy (non-hydrogen) atoms. The third-order valence-electron chi connectivity index (χ3n) is 6.63. The molecule has 0 amide bonds. The van der Waals surface area contributed by atoms with Gasteiger partial charge in [0.25, 0.3) is 0 Å². The van der Waals surface area contributed by atoms with E-state index >= 15 is 0 Å². The first-order valence-corrected chi connectivity index (χ1v) is 16.8. The van der Waals surface area contributed by atoms with Gasteiger partial charge in [0.15, 0.2) is 0 Å². The molecule has 0 saturated carbocycles. The van der Waals surface area contributed by atoms with E-state index in [2.05, 4.69) is 35.5 Å². The van der Waals surface area contributed by atoms with Gasteiger partial charge in [-0.1, -0.05) is 19.3 Å². The summed E-state index contributed by atoms with van der Waals surface area (Å²) in [7, 11) is -3.80. The summed E-state index contributed by atoms with van der Waals surface area (Å²) in [5.74, 6) is 1.41. The second-order valence-corrected chi connectivity index (χ2v) is 12.3. The SMILES string of the molecule is Cl.Cl.NS(=O)(=O)c1ccc(-n2nc(COCCCCCCCN(CCS)CCNCCS)cc2-c2ccc(F)cc2)cc1. The Morgan fingerprint density at radius 3 is 2.21 bits per heavy atom. The molecule has 3 rings (SSSR count). The van der Waals surface area contributed by atoms with E-state index in [4.69, 9.17) is 15.0 Å². The second kappa shape index (κ2) is 21.4. The van der Waals surface area contributed by atoms with Crippen molar-refractivity contribution in [1.82, 2.24) is 20.0 Å². The quantitative estimate of drug-likeness (QED) is 0.0935. The van der Waals surface area contributed by atoms with Gasteiger partial charge in [0.2, 0.25) is 10.0 Å². The van der Waals surface area contributed by atoms with Crippen molar-refractivity contribution >= 4 is 60.1 Å². The highest BCUT2D eigenvalue weighted by Gasteiger charge is 2.14. The van der Waals surface area contributed by atoms with Crippen LogP contribution >= 0.6 is 50.1 Å². The summed E-state index contributed by atoms with van der Waals surface area (Å²) in [5, 5.41) is 13.3. The Labute approximate surface area is 279 Å². The van der Waals surface area contributed by atoms with Crippen molar-refractivity contribution in [3.8, 4) is 16.9 Å². The number of nitrogens with one attached hydrogen (secondary N) is 1. The van der Waals surface area contributed by atoms with Gasteiger partial charge in [0.05, 0.1) is 28.6 Å². The van der Waals surface area contributed by atoms with Crippen LogP contribution in [0, 0.1) is 5.82 Å². The number of sulfonamides is 1. The molecule has 0 saturated heterocycles. The number of hydrogen-bond donors (Lipinski definition) is 4. The first-order valence-electron chi connectivity index (χ1n) is 14.0. The average molecular weight is 697 g/mol. The lowest BCUT2D eigenvalue weighted by atomic mass is 10.1. The zero-order chi connectivity index (χ0) is 29.5. The first kappa shape index (κ1) is 39.7. The number of hydrogen-bond acceptors (Lipinski definition) is 8. The number of thiol groups is 2. The Kier molecular flexibility index (Phi) is 19.7. The van der Waals surface area contributed by atoms with Crippen LogP contribution in [-0.4, -0.2) is 73.9 Å². The fourth-order valence-corrected chi connectivity index (χ4v) is 5.42. The van der Waals surface area contributed by atoms with E-state index in [-0.39, 0.29) is 35.5 Å². The van der Waals surface area contributed by atoms with Crippen LogP contribution in [0.5, 0.6) is 0 Å². The van der Waals surface area contributed by atoms with E-state index in [1.54, 1.807) is 28.9 Å². The van der Waals surface area contributed by atoms with Crippen molar-refractivity contribution in [2.24, 2.45) is 5.14 Å². The summed E-state index contributed by atoms with van der Waals surface area (Å²) in [6.45, 7) is 6.07. The van der Waals surface area contributed by atoms with Crippen LogP contribution in [0.1, 0.15) is 37.8 Å². The van der Waals surface area contributed by atoms with E-state index < -0.39 is 10.0 Å². The van der Waals surface area contributed by atoms with Crippen molar-refractivity contribution in [3.05, 3.63) is 66.1 Å². The van der Waals surface area contributed by atoms with E-state index in [9.17, 15) is 12.8 Å². The third-order valence-corrected chi connectivity index (χ3v) is 7.99. The van der Waals surface area contributed by atoms with E-state index in [1.807, 2.05) is 6.07 Å². The number of nitrogens with zero attached hydrogens (tertiary/aromatic N) is 3. The summed E-state index contributed by atoms with van der Waals surface area (Å²) in [6.07, 6.45) is 5.65. The standard InChI is InChI=1S/C29H42FN5O3S3.2ClH/c30-25-8-6-24(7-9-25)29-22-26(33-35(29)27-10-12-28(13-11-27)41(31,36)37)23-38-19-5-3-1-2-4-16-34(18-21-40)17-14-32-15-20-39;;/h6-13,22,32,39-40H,1-5,14-21,23H2,(H2,31,36,37);2*1H. The first-order chi connectivity index (χ1) is 19.8. The number of nitrogens with two attached hydrogens (primary N) is 1. The molecule has 1 heterocycles. The van der Waals surface area contributed by atoms with Gasteiger partial charge >= 0.3 is 0 Å². The van der Waals surface area contributed by atoms with Gasteiger partial charge in [0.1, 0.15) is 5.82 Å².